The Balaban J connectivity index is 1.86. The van der Waals surface area contributed by atoms with Crippen LogP contribution in [0.5, 0.6) is 5.75 Å². The number of aryl methyl sites for hydroxylation is 1. The van der Waals surface area contributed by atoms with Gasteiger partial charge in [-0.15, -0.1) is 0 Å². The van der Waals surface area contributed by atoms with Gasteiger partial charge in [0, 0.05) is 37.1 Å². The number of methoxy groups -OCH3 is 1. The first-order valence-corrected chi connectivity index (χ1v) is 5.69. The first kappa shape index (κ1) is 12.2. The number of hydrogen-bond acceptors (Lipinski definition) is 3. The summed E-state index contributed by atoms with van der Waals surface area (Å²) in [5.41, 5.74) is 0.736. The Morgan fingerprint density at radius 3 is 3.06 bits per heavy atom. The van der Waals surface area contributed by atoms with Crippen LogP contribution in [-0.4, -0.2) is 22.8 Å². The van der Waals surface area contributed by atoms with Crippen molar-refractivity contribution in [1.82, 2.24) is 9.78 Å². The van der Waals surface area contributed by atoms with E-state index in [1.165, 1.54) is 0 Å². The van der Waals surface area contributed by atoms with E-state index in [4.69, 9.17) is 4.74 Å². The minimum Gasteiger partial charge on any atom is -0.497 e. The molecule has 2 rings (SSSR count). The third-order valence-corrected chi connectivity index (χ3v) is 2.48. The van der Waals surface area contributed by atoms with Crippen LogP contribution in [-0.2, 0) is 11.3 Å². The fraction of sp³-hybridized carbons (Fsp3) is 0.231. The highest BCUT2D eigenvalue weighted by Gasteiger charge is 2.03. The molecule has 1 heterocycles. The lowest BCUT2D eigenvalue weighted by molar-refractivity contribution is -0.116. The van der Waals surface area contributed by atoms with E-state index in [1.54, 1.807) is 24.1 Å². The van der Waals surface area contributed by atoms with E-state index in [0.29, 0.717) is 13.0 Å². The Labute approximate surface area is 105 Å². The summed E-state index contributed by atoms with van der Waals surface area (Å²) in [6, 6.07) is 9.11. The highest BCUT2D eigenvalue weighted by atomic mass is 16.5. The van der Waals surface area contributed by atoms with Gasteiger partial charge >= 0.3 is 0 Å². The minimum atomic E-state index is -0.0428. The van der Waals surface area contributed by atoms with Gasteiger partial charge in [-0.2, -0.15) is 5.10 Å². The maximum atomic E-state index is 11.7. The second-order valence-electron chi connectivity index (χ2n) is 3.80. The van der Waals surface area contributed by atoms with Crippen molar-refractivity contribution in [2.75, 3.05) is 12.4 Å². The summed E-state index contributed by atoms with van der Waals surface area (Å²) in [5.74, 6) is 0.679. The molecule has 1 amide bonds. The highest BCUT2D eigenvalue weighted by Crippen LogP contribution is 2.16. The number of carbonyl (C=O) groups excluding carboxylic acids is 1. The maximum absolute atomic E-state index is 11.7. The van der Waals surface area contributed by atoms with Gasteiger partial charge in [0.1, 0.15) is 5.75 Å². The Morgan fingerprint density at radius 2 is 2.33 bits per heavy atom. The molecule has 1 aromatic carbocycles. The van der Waals surface area contributed by atoms with Gasteiger partial charge in [-0.05, 0) is 18.2 Å². The quantitative estimate of drug-likeness (QED) is 0.875. The third kappa shape index (κ3) is 3.35. The molecule has 0 radical (unpaired) electrons. The largest absolute Gasteiger partial charge is 0.497 e. The van der Waals surface area contributed by atoms with Crippen LogP contribution in [0.25, 0.3) is 0 Å². The number of amides is 1. The SMILES string of the molecule is COc1cccc(NC(=O)CCn2cccn2)c1. The molecule has 0 saturated carbocycles. The fourth-order valence-corrected chi connectivity index (χ4v) is 1.57. The van der Waals surface area contributed by atoms with E-state index < -0.39 is 0 Å². The van der Waals surface area contributed by atoms with E-state index in [2.05, 4.69) is 10.4 Å². The van der Waals surface area contributed by atoms with Gasteiger partial charge in [-0.1, -0.05) is 6.07 Å². The molecule has 5 nitrogen and oxygen atoms in total. The molecule has 0 atom stereocenters. The van der Waals surface area contributed by atoms with E-state index >= 15 is 0 Å². The zero-order valence-electron chi connectivity index (χ0n) is 10.2. The summed E-state index contributed by atoms with van der Waals surface area (Å²) in [7, 11) is 1.60. The molecule has 2 aromatic rings. The Bertz CT molecular complexity index is 509. The Morgan fingerprint density at radius 1 is 1.44 bits per heavy atom. The van der Waals surface area contributed by atoms with Crippen LogP contribution in [0.1, 0.15) is 6.42 Å². The van der Waals surface area contributed by atoms with Crippen molar-refractivity contribution in [2.45, 2.75) is 13.0 Å². The third-order valence-electron chi connectivity index (χ3n) is 2.48. The molecule has 0 aliphatic rings. The normalized spacial score (nSPS) is 10.1. The summed E-state index contributed by atoms with van der Waals surface area (Å²) in [4.78, 5) is 11.7. The average Bonchev–Trinajstić information content (AvgIpc) is 2.90. The average molecular weight is 245 g/mol. The lowest BCUT2D eigenvalue weighted by atomic mass is 10.3. The van der Waals surface area contributed by atoms with Crippen LogP contribution in [0.4, 0.5) is 5.69 Å². The number of anilines is 1. The number of ether oxygens (including phenoxy) is 1. The van der Waals surface area contributed by atoms with Gasteiger partial charge in [0.2, 0.25) is 5.91 Å². The van der Waals surface area contributed by atoms with E-state index in [9.17, 15) is 4.79 Å². The Kier molecular flexibility index (Phi) is 3.96. The second-order valence-corrected chi connectivity index (χ2v) is 3.80. The summed E-state index contributed by atoms with van der Waals surface area (Å²) in [5, 5.41) is 6.86. The molecule has 0 bridgehead atoms. The molecule has 1 aromatic heterocycles. The lowest BCUT2D eigenvalue weighted by Crippen LogP contribution is -2.14. The van der Waals surface area contributed by atoms with Crippen LogP contribution in [0, 0.1) is 0 Å². The number of hydrogen-bond donors (Lipinski definition) is 1. The van der Waals surface area contributed by atoms with Crippen LogP contribution in [0.3, 0.4) is 0 Å². The van der Waals surface area contributed by atoms with Crippen LogP contribution >= 0.6 is 0 Å². The van der Waals surface area contributed by atoms with Gasteiger partial charge in [0.05, 0.1) is 7.11 Å². The molecule has 1 N–H and O–H groups in total. The molecule has 0 spiro atoms. The lowest BCUT2D eigenvalue weighted by Gasteiger charge is -2.07. The van der Waals surface area contributed by atoms with Crippen LogP contribution < -0.4 is 10.1 Å². The zero-order valence-corrected chi connectivity index (χ0v) is 10.2. The predicted octanol–water partition coefficient (Wildman–Crippen LogP) is 1.92. The van der Waals surface area contributed by atoms with E-state index in [1.807, 2.05) is 30.5 Å². The molecule has 0 aliphatic carbocycles. The van der Waals surface area contributed by atoms with Crippen molar-refractivity contribution in [3.63, 3.8) is 0 Å². The summed E-state index contributed by atoms with van der Waals surface area (Å²) >= 11 is 0. The number of carbonyl (C=O) groups is 1. The highest BCUT2D eigenvalue weighted by molar-refractivity contribution is 5.90. The topological polar surface area (TPSA) is 56.1 Å². The van der Waals surface area contributed by atoms with E-state index in [-0.39, 0.29) is 5.91 Å². The zero-order chi connectivity index (χ0) is 12.8. The van der Waals surface area contributed by atoms with Crippen molar-refractivity contribution in [2.24, 2.45) is 0 Å². The van der Waals surface area contributed by atoms with Crippen molar-refractivity contribution in [3.05, 3.63) is 42.7 Å². The standard InChI is InChI=1S/C13H15N3O2/c1-18-12-5-2-4-11(10-12)15-13(17)6-9-16-8-3-7-14-16/h2-5,7-8,10H,6,9H2,1H3,(H,15,17). The van der Waals surface area contributed by atoms with Crippen molar-refractivity contribution in [1.29, 1.82) is 0 Å². The number of benzene rings is 1. The van der Waals surface area contributed by atoms with Crippen molar-refractivity contribution in [3.8, 4) is 5.75 Å². The van der Waals surface area contributed by atoms with Gasteiger partial charge < -0.3 is 10.1 Å². The molecule has 0 fully saturated rings. The van der Waals surface area contributed by atoms with Gasteiger partial charge in [-0.25, -0.2) is 0 Å². The fourth-order valence-electron chi connectivity index (χ4n) is 1.57. The number of nitrogens with zero attached hydrogens (tertiary/aromatic N) is 2. The predicted molar refractivity (Wildman–Crippen MR) is 68.5 cm³/mol. The smallest absolute Gasteiger partial charge is 0.226 e. The first-order valence-electron chi connectivity index (χ1n) is 5.69. The number of rotatable bonds is 5. The molecule has 94 valence electrons. The minimum absolute atomic E-state index is 0.0428. The molecule has 18 heavy (non-hydrogen) atoms. The van der Waals surface area contributed by atoms with Crippen LogP contribution in [0.15, 0.2) is 42.7 Å². The van der Waals surface area contributed by atoms with Gasteiger partial charge in [0.25, 0.3) is 0 Å². The maximum Gasteiger partial charge on any atom is 0.226 e. The number of aromatic nitrogens is 2. The monoisotopic (exact) mass is 245 g/mol. The molecule has 0 unspecified atom stereocenters. The second kappa shape index (κ2) is 5.86. The molecule has 0 aliphatic heterocycles. The number of nitrogens with one attached hydrogen (secondary N) is 1. The molecular weight excluding hydrogens is 230 g/mol. The van der Waals surface area contributed by atoms with Crippen LogP contribution in [0.2, 0.25) is 0 Å². The molecule has 5 heteroatoms. The van der Waals surface area contributed by atoms with Crippen molar-refractivity contribution >= 4 is 11.6 Å². The Hall–Kier alpha value is -2.30. The molecular formula is C13H15N3O2. The van der Waals surface area contributed by atoms with Gasteiger partial charge in [0.15, 0.2) is 0 Å². The first-order chi connectivity index (χ1) is 8.78. The van der Waals surface area contributed by atoms with Crippen molar-refractivity contribution < 1.29 is 9.53 Å². The summed E-state index contributed by atoms with van der Waals surface area (Å²) in [6.45, 7) is 0.572. The summed E-state index contributed by atoms with van der Waals surface area (Å²) in [6.07, 6.45) is 3.91. The molecule has 0 saturated heterocycles. The summed E-state index contributed by atoms with van der Waals surface area (Å²) < 4.78 is 6.82. The van der Waals surface area contributed by atoms with E-state index in [0.717, 1.165) is 11.4 Å². The van der Waals surface area contributed by atoms with Gasteiger partial charge in [-0.3, -0.25) is 9.48 Å².